The molecule has 5 heterocycles. The first-order chi connectivity index (χ1) is 42.3. The minimum absolute atomic E-state index is 0.169. The highest BCUT2D eigenvalue weighted by Gasteiger charge is 2.83. The van der Waals surface area contributed by atoms with Gasteiger partial charge >= 0.3 is 46.3 Å². The maximum absolute atomic E-state index is 13.3. The van der Waals surface area contributed by atoms with E-state index in [0.29, 0.717) is 90.8 Å². The predicted molar refractivity (Wildman–Crippen MR) is 312 cm³/mol. The fourth-order valence-electron chi connectivity index (χ4n) is 11.0. The number of rotatable bonds is 37. The van der Waals surface area contributed by atoms with Gasteiger partial charge in [0.1, 0.15) is 13.1 Å². The summed E-state index contributed by atoms with van der Waals surface area (Å²) in [6, 6.07) is -0.534. The number of amides is 4. The third-order valence-electron chi connectivity index (χ3n) is 15.5. The van der Waals surface area contributed by atoms with Gasteiger partial charge < -0.3 is 4.42 Å². The third-order valence-corrected chi connectivity index (χ3v) is 15.5. The van der Waals surface area contributed by atoms with Crippen LogP contribution in [0, 0.1) is 0 Å². The predicted octanol–water partition coefficient (Wildman–Crippen LogP) is 4.96. The van der Waals surface area contributed by atoms with Crippen molar-refractivity contribution in [3.05, 3.63) is 63.0 Å². The zero-order valence-corrected chi connectivity index (χ0v) is 49.7. The average molecular weight is 1220 g/mol. The van der Waals surface area contributed by atoms with Crippen LogP contribution in [0.4, 0.5) is 9.59 Å². The number of nitrogens with zero attached hydrogens (tertiary/aromatic N) is 14. The Balaban J connectivity index is 0.000000349. The summed E-state index contributed by atoms with van der Waals surface area (Å²) in [6.45, 7) is 3.75. The summed E-state index contributed by atoms with van der Waals surface area (Å²) < 4.78 is 9.13. The van der Waals surface area contributed by atoms with Crippen LogP contribution in [0.25, 0.3) is 0 Å². The molecule has 474 valence electrons. The number of hydrogen-bond donors (Lipinski definition) is 0. The first kappa shape index (κ1) is 73.0. The fraction of sp³-hybridized carbons (Fsp3) is 0.737. The second kappa shape index (κ2) is 42.5. The lowest BCUT2D eigenvalue weighted by Crippen LogP contribution is -2.89. The first-order valence-corrected chi connectivity index (χ1v) is 30.3. The van der Waals surface area contributed by atoms with E-state index in [0.717, 1.165) is 158 Å². The maximum atomic E-state index is 13.3. The maximum Gasteiger partial charge on any atom is 0.542 e. The van der Waals surface area contributed by atoms with Gasteiger partial charge in [-0.3, -0.25) is 0 Å². The van der Waals surface area contributed by atoms with E-state index in [-0.39, 0.29) is 44.8 Å². The van der Waals surface area contributed by atoms with Crippen molar-refractivity contribution in [3.8, 4) is 0 Å². The van der Waals surface area contributed by atoms with E-state index < -0.39 is 55.6 Å². The average Bonchev–Trinajstić information content (AvgIpc) is 2.07. The summed E-state index contributed by atoms with van der Waals surface area (Å²) in [6.07, 6.45) is 29.5. The van der Waals surface area contributed by atoms with E-state index in [2.05, 4.69) is 39.4 Å². The molecule has 30 nitrogen and oxygen atoms in total. The van der Waals surface area contributed by atoms with Crippen molar-refractivity contribution < 1.29 is 56.5 Å². The van der Waals surface area contributed by atoms with Crippen LogP contribution in [0.15, 0.2) is 68.1 Å². The smallest absolute Gasteiger partial charge is 0.358 e. The first-order valence-electron chi connectivity index (χ1n) is 30.3. The second-order valence-corrected chi connectivity index (χ2v) is 21.3. The van der Waals surface area contributed by atoms with Crippen molar-refractivity contribution in [2.75, 3.05) is 45.8 Å². The number of aromatic nitrogens is 5. The molecule has 0 N–H and O–H groups in total. The molecule has 30 heteroatoms. The lowest BCUT2D eigenvalue weighted by molar-refractivity contribution is -1.04. The molecule has 4 amide bonds. The number of imide groups is 2. The standard InChI is InChI=1S/C24H36N6O6.C17H24N4O6.C16H22N4O4/c31-19-25-13-7-1-4-10-16-28-22(34)29(17-11-5-2-8-14-26-20-32)24(36)30(23(28)35)18-12-6-3-9-15-27-21-33;22-13-18-9-5-1-3-7-11-20-15(24)21(17(26)27-16(20)25)12-8-4-2-6-10-19-14-23;21-11-17-13-7-3-1-5-9-19(13)15(23)20(16(19)24)10-6-2-4-8-14(20)18-12-22/h1-18H2;1-12H2;13-14H,1-10H2/q;;+2. The Hall–Kier alpha value is -8.26. The van der Waals surface area contributed by atoms with Gasteiger partial charge in [0, 0.05) is 45.6 Å². The molecular weight excluding hydrogens is 1140 g/mol. The summed E-state index contributed by atoms with van der Waals surface area (Å²) in [5, 5.41) is 0. The van der Waals surface area contributed by atoms with Crippen molar-refractivity contribution in [3.63, 3.8) is 0 Å². The fourth-order valence-corrected chi connectivity index (χ4v) is 11.0. The molecule has 2 spiro atoms. The highest BCUT2D eigenvalue weighted by atomic mass is 16.5. The van der Waals surface area contributed by atoms with Gasteiger partial charge in [0.05, 0.1) is 32.7 Å². The van der Waals surface area contributed by atoms with Gasteiger partial charge in [-0.05, 0) is 103 Å². The van der Waals surface area contributed by atoms with Gasteiger partial charge in [0.2, 0.25) is 54.9 Å². The molecule has 2 atom stereocenters. The molecule has 3 saturated heterocycles. The molecule has 2 unspecified atom stereocenters. The highest BCUT2D eigenvalue weighted by molar-refractivity contribution is 5.92. The van der Waals surface area contributed by atoms with Crippen LogP contribution in [0.5, 0.6) is 0 Å². The summed E-state index contributed by atoms with van der Waals surface area (Å²) in [5.41, 5.74) is -2.44. The number of quaternary nitrogens is 2. The van der Waals surface area contributed by atoms with Gasteiger partial charge in [-0.1, -0.05) is 73.2 Å². The highest BCUT2D eigenvalue weighted by Crippen LogP contribution is 2.46. The van der Waals surface area contributed by atoms with Crippen molar-refractivity contribution in [2.24, 2.45) is 34.9 Å². The Morgan fingerprint density at radius 3 is 0.839 bits per heavy atom. The Bertz CT molecular complexity index is 2960. The van der Waals surface area contributed by atoms with Crippen LogP contribution in [0.2, 0.25) is 0 Å². The molecule has 87 heavy (non-hydrogen) atoms. The molecule has 5 rings (SSSR count). The molecular formula is C57H82N14O16+2. The molecule has 0 radical (unpaired) electrons. The van der Waals surface area contributed by atoms with Gasteiger partial charge in [-0.15, -0.1) is 9.98 Å². The zero-order valence-electron chi connectivity index (χ0n) is 49.7. The van der Waals surface area contributed by atoms with E-state index in [1.165, 1.54) is 42.6 Å². The van der Waals surface area contributed by atoms with Crippen molar-refractivity contribution in [1.82, 2.24) is 22.8 Å². The Morgan fingerprint density at radius 2 is 0.575 bits per heavy atom. The van der Waals surface area contributed by atoms with E-state index in [9.17, 15) is 71.9 Å². The minimum Gasteiger partial charge on any atom is -0.358 e. The lowest BCUT2D eigenvalue weighted by atomic mass is 10.1. The number of isocyanates is 7. The van der Waals surface area contributed by atoms with Crippen molar-refractivity contribution in [1.29, 1.82) is 0 Å². The minimum atomic E-state index is -0.946. The lowest BCUT2D eigenvalue weighted by Gasteiger charge is -2.50. The second-order valence-electron chi connectivity index (χ2n) is 21.3. The van der Waals surface area contributed by atoms with Crippen LogP contribution >= 0.6 is 0 Å². The van der Waals surface area contributed by atoms with E-state index in [1.54, 1.807) is 0 Å². The Kier molecular flexibility index (Phi) is 35.7. The van der Waals surface area contributed by atoms with Crippen molar-refractivity contribution in [2.45, 2.75) is 225 Å². The van der Waals surface area contributed by atoms with E-state index in [1.807, 2.05) is 0 Å². The SMILES string of the molecule is O=C=NC1CCCCC[N+]12C(=O)[N+]1(CCCCCC1N=C=O)C2=O.O=C=NCCCCCCn1c(=O)n(CCCCCCN=C=O)c(=O)n(CCCCCCN=C=O)c1=O.O=C=NCCCCCCn1c(=O)oc(=O)n(CCCCCCN=C=O)c1=O. The van der Waals surface area contributed by atoms with E-state index in [4.69, 9.17) is 0 Å². The number of hydrogen-bond acceptors (Lipinski definition) is 23. The molecule has 3 aliphatic rings. The normalized spacial score (nSPS) is 18.3. The number of carbonyl (C=O) groups excluding carboxylic acids is 9. The molecule has 0 saturated carbocycles. The molecule has 3 fully saturated rings. The van der Waals surface area contributed by atoms with Crippen molar-refractivity contribution >= 4 is 54.6 Å². The largest absolute Gasteiger partial charge is 0.542 e. The van der Waals surface area contributed by atoms with Crippen LogP contribution in [-0.4, -0.2) is 145 Å². The van der Waals surface area contributed by atoms with Gasteiger partial charge in [0.25, 0.3) is 0 Å². The molecule has 0 aromatic carbocycles. The summed E-state index contributed by atoms with van der Waals surface area (Å²) >= 11 is 0. The number of unbranched alkanes of at least 4 members (excludes halogenated alkanes) is 15. The number of urea groups is 2. The van der Waals surface area contributed by atoms with Gasteiger partial charge in [-0.25, -0.2) is 110 Å². The van der Waals surface area contributed by atoms with Crippen LogP contribution in [0.3, 0.4) is 0 Å². The number of carbonyl (C=O) groups is 2. The zero-order chi connectivity index (χ0) is 63.6. The molecule has 2 aromatic heterocycles. The Morgan fingerprint density at radius 1 is 0.322 bits per heavy atom. The van der Waals surface area contributed by atoms with Crippen LogP contribution < -0.4 is 34.3 Å². The topological polar surface area (TPSA) is 380 Å². The third kappa shape index (κ3) is 22.5. The molecule has 0 bridgehead atoms. The molecule has 3 aliphatic heterocycles. The Labute approximate surface area is 501 Å². The summed E-state index contributed by atoms with van der Waals surface area (Å²) in [7, 11) is 0. The number of aliphatic imine (C=N–C) groups is 7. The van der Waals surface area contributed by atoms with Gasteiger partial charge in [0.15, 0.2) is 0 Å². The summed E-state index contributed by atoms with van der Waals surface area (Å²) in [4.78, 5) is 199. The quantitative estimate of drug-likeness (QED) is 0.0373. The van der Waals surface area contributed by atoms with Crippen LogP contribution in [-0.2, 0) is 66.3 Å². The van der Waals surface area contributed by atoms with Crippen LogP contribution in [0.1, 0.15) is 180 Å². The monoisotopic (exact) mass is 1220 g/mol. The molecule has 2 aromatic rings. The van der Waals surface area contributed by atoms with Gasteiger partial charge in [-0.2, -0.15) is 9.59 Å². The summed E-state index contributed by atoms with van der Waals surface area (Å²) in [5.74, 6) is -1.89. The van der Waals surface area contributed by atoms with E-state index >= 15 is 0 Å². The molecule has 0 aliphatic carbocycles.